The zero-order chi connectivity index (χ0) is 9.14. The minimum absolute atomic E-state index is 0.417. The van der Waals surface area contributed by atoms with Crippen molar-refractivity contribution < 1.29 is 9.67 Å². The van der Waals surface area contributed by atoms with E-state index >= 15 is 0 Å². The second-order valence-electron chi connectivity index (χ2n) is 2.66. The van der Waals surface area contributed by atoms with Crippen molar-refractivity contribution in [3.8, 4) is 0 Å². The van der Waals surface area contributed by atoms with Crippen LogP contribution in [0.3, 0.4) is 0 Å². The highest BCUT2D eigenvalue weighted by molar-refractivity contribution is 9.09. The van der Waals surface area contributed by atoms with Crippen molar-refractivity contribution >= 4 is 27.3 Å². The molecule has 0 radical (unpaired) electrons. The Hall–Kier alpha value is 0.0700. The first-order valence-corrected chi connectivity index (χ1v) is 5.73. The summed E-state index contributed by atoms with van der Waals surface area (Å²) >= 11 is 4.83. The van der Waals surface area contributed by atoms with E-state index in [1.54, 1.807) is 11.3 Å². The molecule has 12 heavy (non-hydrogen) atoms. The molecule has 0 fully saturated rings. The van der Waals surface area contributed by atoms with E-state index in [0.29, 0.717) is 6.42 Å². The topological polar surface area (TPSA) is 24.1 Å². The molecule has 0 saturated carbocycles. The van der Waals surface area contributed by atoms with Crippen molar-refractivity contribution in [2.45, 2.75) is 31.8 Å². The van der Waals surface area contributed by atoms with Crippen molar-refractivity contribution in [2.75, 3.05) is 0 Å². The minimum atomic E-state index is -0.417. The van der Waals surface area contributed by atoms with E-state index in [9.17, 15) is 0 Å². The van der Waals surface area contributed by atoms with E-state index in [1.165, 1.54) is 10.6 Å². The highest BCUT2D eigenvalue weighted by atomic mass is 79.9. The molecule has 0 aliphatic heterocycles. The number of nitrogens with zero attached hydrogens (tertiary/aromatic N) is 1. The molecule has 2 nitrogen and oxygen atoms in total. The molecule has 0 aliphatic carbocycles. The summed E-state index contributed by atoms with van der Waals surface area (Å²) in [6, 6.07) is 0. The molecule has 1 rings (SSSR count). The first-order chi connectivity index (χ1) is 5.65. The smallest absolute Gasteiger partial charge is 0.225 e. The lowest BCUT2D eigenvalue weighted by Crippen LogP contribution is -2.32. The largest absolute Gasteiger partial charge is 0.381 e. The average molecular weight is 251 g/mol. The normalized spacial score (nSPS) is 13.3. The molecule has 4 heteroatoms. The molecule has 1 heterocycles. The van der Waals surface area contributed by atoms with E-state index in [2.05, 4.69) is 39.9 Å². The monoisotopic (exact) mass is 250 g/mol. The van der Waals surface area contributed by atoms with Crippen LogP contribution in [0.2, 0.25) is 0 Å². The van der Waals surface area contributed by atoms with Crippen molar-refractivity contribution in [3.63, 3.8) is 0 Å². The van der Waals surface area contributed by atoms with Gasteiger partial charge in [0.05, 0.1) is 4.88 Å². The van der Waals surface area contributed by atoms with Gasteiger partial charge < -0.3 is 5.11 Å². The lowest BCUT2D eigenvalue weighted by molar-refractivity contribution is -0.694. The highest BCUT2D eigenvalue weighted by Crippen LogP contribution is 2.15. The van der Waals surface area contributed by atoms with Crippen LogP contribution in [0.15, 0.2) is 5.51 Å². The zero-order valence-corrected chi connectivity index (χ0v) is 9.65. The van der Waals surface area contributed by atoms with E-state index < -0.39 is 5.01 Å². The summed E-state index contributed by atoms with van der Waals surface area (Å²) in [5.74, 6) is 0. The Bertz CT molecular complexity index is 260. The maximum Gasteiger partial charge on any atom is 0.225 e. The van der Waals surface area contributed by atoms with Gasteiger partial charge in [-0.3, -0.25) is 0 Å². The Kier molecular flexibility index (Phi) is 3.68. The summed E-state index contributed by atoms with van der Waals surface area (Å²) < 4.78 is 2.19. The van der Waals surface area contributed by atoms with Crippen LogP contribution in [0, 0.1) is 6.92 Å². The third-order valence-corrected chi connectivity index (χ3v) is 3.28. The zero-order valence-electron chi connectivity index (χ0n) is 7.25. The molecule has 0 saturated heterocycles. The Morgan fingerprint density at radius 2 is 2.42 bits per heavy atom. The Morgan fingerprint density at radius 3 is 2.83 bits per heavy atom. The molecular formula is C8H13BrNOS+. The predicted molar refractivity (Wildman–Crippen MR) is 53.6 cm³/mol. The number of rotatable bonds is 3. The van der Waals surface area contributed by atoms with Crippen LogP contribution >= 0.6 is 27.3 Å². The van der Waals surface area contributed by atoms with Crippen molar-refractivity contribution in [2.24, 2.45) is 0 Å². The summed E-state index contributed by atoms with van der Waals surface area (Å²) in [4.78, 5) is 1.25. The van der Waals surface area contributed by atoms with Crippen molar-refractivity contribution in [1.82, 2.24) is 0 Å². The van der Waals surface area contributed by atoms with Gasteiger partial charge in [-0.25, -0.2) is 0 Å². The Balaban J connectivity index is 2.80. The summed E-state index contributed by atoms with van der Waals surface area (Å²) in [6.07, 6.45) is 0.698. The number of aliphatic hydroxyl groups excluding tert-OH is 1. The summed E-state index contributed by atoms with van der Waals surface area (Å²) in [7, 11) is 0. The maximum atomic E-state index is 9.13. The quantitative estimate of drug-likeness (QED) is 0.640. The van der Waals surface area contributed by atoms with Crippen LogP contribution < -0.4 is 4.57 Å². The number of hydrogen-bond donors (Lipinski definition) is 1. The number of aromatic nitrogens is 1. The molecule has 68 valence electrons. The van der Waals surface area contributed by atoms with Gasteiger partial charge in [-0.15, -0.1) is 0 Å². The number of thiazole rings is 1. The van der Waals surface area contributed by atoms with Crippen LogP contribution in [0.25, 0.3) is 0 Å². The van der Waals surface area contributed by atoms with E-state index in [1.807, 2.05) is 0 Å². The summed E-state index contributed by atoms with van der Waals surface area (Å²) in [6.45, 7) is 5.21. The fourth-order valence-corrected chi connectivity index (χ4v) is 2.75. The van der Waals surface area contributed by atoms with Crippen LogP contribution in [0.4, 0.5) is 0 Å². The number of aryl methyl sites for hydroxylation is 1. The number of aliphatic hydroxyl groups is 1. The lowest BCUT2D eigenvalue weighted by Gasteiger charge is -1.97. The molecule has 0 aromatic carbocycles. The first-order valence-electron chi connectivity index (χ1n) is 3.93. The standard InChI is InChI=1S/C8H13BrNOS/c1-3-10-5-12-7(6(10)2)4-8(9)11/h5,8,11H,3-4H2,1-2H3/q+1. The van der Waals surface area contributed by atoms with Gasteiger partial charge in [0, 0.05) is 13.3 Å². The Morgan fingerprint density at radius 1 is 1.75 bits per heavy atom. The molecular weight excluding hydrogens is 238 g/mol. The van der Waals surface area contributed by atoms with Crippen molar-refractivity contribution in [1.29, 1.82) is 0 Å². The SMILES string of the molecule is CC[n+]1csc(CC(O)Br)c1C. The Labute approximate surface area is 85.0 Å². The third-order valence-electron chi connectivity index (χ3n) is 1.85. The van der Waals surface area contributed by atoms with E-state index in [4.69, 9.17) is 5.11 Å². The van der Waals surface area contributed by atoms with Gasteiger partial charge >= 0.3 is 0 Å². The molecule has 1 unspecified atom stereocenters. The van der Waals surface area contributed by atoms with Gasteiger partial charge in [-0.05, 0) is 6.92 Å². The third kappa shape index (κ3) is 2.28. The average Bonchev–Trinajstić information content (AvgIpc) is 2.32. The fourth-order valence-electron chi connectivity index (χ4n) is 1.11. The van der Waals surface area contributed by atoms with Crippen molar-refractivity contribution in [3.05, 3.63) is 16.1 Å². The summed E-state index contributed by atoms with van der Waals surface area (Å²) in [5, 5.41) is 8.71. The van der Waals surface area contributed by atoms with Gasteiger partial charge in [0.1, 0.15) is 11.6 Å². The van der Waals surface area contributed by atoms with Gasteiger partial charge in [-0.2, -0.15) is 4.57 Å². The van der Waals surface area contributed by atoms with E-state index in [0.717, 1.165) is 6.54 Å². The van der Waals surface area contributed by atoms with E-state index in [-0.39, 0.29) is 0 Å². The predicted octanol–water partition coefficient (Wildman–Crippen LogP) is 1.62. The van der Waals surface area contributed by atoms with Gasteiger partial charge in [0.25, 0.3) is 0 Å². The van der Waals surface area contributed by atoms with Crippen LogP contribution in [-0.4, -0.2) is 10.1 Å². The fraction of sp³-hybridized carbons (Fsp3) is 0.625. The number of halogens is 1. The first kappa shape index (κ1) is 10.2. The molecule has 1 N–H and O–H groups in total. The number of hydrogen-bond acceptors (Lipinski definition) is 2. The van der Waals surface area contributed by atoms with Gasteiger partial charge in [0.2, 0.25) is 5.51 Å². The minimum Gasteiger partial charge on any atom is -0.381 e. The molecule has 1 aromatic rings. The molecule has 1 aromatic heterocycles. The van der Waals surface area contributed by atoms with Gasteiger partial charge in [-0.1, -0.05) is 27.3 Å². The maximum absolute atomic E-state index is 9.13. The second kappa shape index (κ2) is 4.35. The van der Waals surface area contributed by atoms with Crippen LogP contribution in [0.1, 0.15) is 17.5 Å². The highest BCUT2D eigenvalue weighted by Gasteiger charge is 2.14. The van der Waals surface area contributed by atoms with Crippen LogP contribution in [-0.2, 0) is 13.0 Å². The molecule has 0 spiro atoms. The summed E-state index contributed by atoms with van der Waals surface area (Å²) in [5.41, 5.74) is 3.36. The molecule has 0 bridgehead atoms. The van der Waals surface area contributed by atoms with Gasteiger partial charge in [0.15, 0.2) is 5.69 Å². The molecule has 1 atom stereocenters. The van der Waals surface area contributed by atoms with Crippen LogP contribution in [0.5, 0.6) is 0 Å². The number of alkyl halides is 1. The lowest BCUT2D eigenvalue weighted by atomic mass is 10.3. The second-order valence-corrected chi connectivity index (χ2v) is 4.65. The molecule has 0 amide bonds. The molecule has 0 aliphatic rings.